The van der Waals surface area contributed by atoms with Gasteiger partial charge in [-0.05, 0) is 25.7 Å². The van der Waals surface area contributed by atoms with Gasteiger partial charge in [-0.15, -0.1) is 0 Å². The fourth-order valence-corrected chi connectivity index (χ4v) is 3.46. The van der Waals surface area contributed by atoms with Crippen molar-refractivity contribution in [2.24, 2.45) is 0 Å². The third-order valence-electron chi connectivity index (χ3n) is 5.23. The van der Waals surface area contributed by atoms with Crippen molar-refractivity contribution in [1.29, 1.82) is 0 Å². The first kappa shape index (κ1) is 32.8. The third-order valence-corrected chi connectivity index (χ3v) is 5.23. The summed E-state index contributed by atoms with van der Waals surface area (Å²) in [4.78, 5) is 0. The van der Waals surface area contributed by atoms with E-state index in [1.54, 1.807) is 0 Å². The number of rotatable bonds is 18. The first-order chi connectivity index (χ1) is 12.9. The molecule has 0 heterocycles. The Morgan fingerprint density at radius 1 is 0.536 bits per heavy atom. The van der Waals surface area contributed by atoms with Crippen molar-refractivity contribution >= 4 is 0 Å². The van der Waals surface area contributed by atoms with E-state index in [1.807, 2.05) is 0 Å². The molecule has 174 valence electrons. The van der Waals surface area contributed by atoms with Gasteiger partial charge in [-0.25, -0.2) is 0 Å². The van der Waals surface area contributed by atoms with Gasteiger partial charge < -0.3 is 27.2 Å². The van der Waals surface area contributed by atoms with E-state index in [4.69, 9.17) is 0 Å². The highest BCUT2D eigenvalue weighted by molar-refractivity contribution is 4.48. The van der Waals surface area contributed by atoms with E-state index in [1.165, 1.54) is 134 Å². The number of nitrogens with one attached hydrogen (secondary N) is 1. The highest BCUT2D eigenvalue weighted by Crippen LogP contribution is 2.13. The van der Waals surface area contributed by atoms with Crippen LogP contribution >= 0.6 is 0 Å². The zero-order valence-corrected chi connectivity index (χ0v) is 21.2. The molecule has 4 heteroatoms. The van der Waals surface area contributed by atoms with Gasteiger partial charge in [-0.1, -0.05) is 90.9 Å². The Labute approximate surface area is 185 Å². The highest BCUT2D eigenvalue weighted by atomic mass is 35.5. The topological polar surface area (TPSA) is 27.5 Å². The first-order valence-electron chi connectivity index (χ1n) is 12.1. The van der Waals surface area contributed by atoms with Crippen molar-refractivity contribution in [3.63, 3.8) is 0 Å². The van der Waals surface area contributed by atoms with Crippen molar-refractivity contribution in [2.45, 2.75) is 117 Å². The number of halogens is 1. The van der Waals surface area contributed by atoms with Crippen LogP contribution in [0.3, 0.4) is 0 Å². The Balaban J connectivity index is -0.00000113. The minimum absolute atomic E-state index is 0. The molecule has 1 N–H and O–H groups in total. The smallest absolute Gasteiger partial charge is 0.0782 e. The summed E-state index contributed by atoms with van der Waals surface area (Å²) in [6.45, 7) is 7.36. The van der Waals surface area contributed by atoms with E-state index in [2.05, 4.69) is 27.9 Å². The van der Waals surface area contributed by atoms with Gasteiger partial charge in [-0.2, -0.15) is 0 Å². The quantitative estimate of drug-likeness (QED) is 0.205. The maximum absolute atomic E-state index is 9.44. The average Bonchev–Trinajstić information content (AvgIpc) is 2.59. The van der Waals surface area contributed by atoms with Crippen molar-refractivity contribution < 1.29 is 22.0 Å². The van der Waals surface area contributed by atoms with Crippen molar-refractivity contribution in [1.82, 2.24) is 0 Å². The summed E-state index contributed by atoms with van der Waals surface area (Å²) in [7, 11) is 7.92. The lowest BCUT2D eigenvalue weighted by atomic mass is 10.1. The summed E-state index contributed by atoms with van der Waals surface area (Å²) in [6, 6.07) is 0. The molecule has 0 aliphatic carbocycles. The summed E-state index contributed by atoms with van der Waals surface area (Å²) in [6.07, 6.45) is 23.0. The maximum atomic E-state index is 9.44. The first-order valence-corrected chi connectivity index (χ1v) is 12.1. The van der Waals surface area contributed by atoms with Gasteiger partial charge in [0.05, 0.1) is 41.3 Å². The van der Waals surface area contributed by atoms with Crippen LogP contribution in [0, 0.1) is 5.21 Å². The molecule has 0 bridgehead atoms. The van der Waals surface area contributed by atoms with E-state index in [9.17, 15) is 5.21 Å². The van der Waals surface area contributed by atoms with Gasteiger partial charge in [0.15, 0.2) is 0 Å². The molecule has 0 spiro atoms. The lowest BCUT2D eigenvalue weighted by Gasteiger charge is -2.30. The van der Waals surface area contributed by atoms with Crippen LogP contribution < -0.4 is 17.5 Å². The number of nitrogens with zero attached hydrogens (tertiary/aromatic N) is 1. The van der Waals surface area contributed by atoms with Gasteiger partial charge in [-0.3, -0.25) is 0 Å². The molecular formula is C24H55ClN2O. The monoisotopic (exact) mass is 422 g/mol. The molecule has 0 fully saturated rings. The summed E-state index contributed by atoms with van der Waals surface area (Å²) in [5.41, 5.74) is 0. The van der Waals surface area contributed by atoms with Gasteiger partial charge in [0, 0.05) is 0 Å². The normalized spacial score (nSPS) is 11.1. The number of hydrogen-bond donors (Lipinski definition) is 1. The van der Waals surface area contributed by atoms with Crippen LogP contribution in [0.1, 0.15) is 117 Å². The summed E-state index contributed by atoms with van der Waals surface area (Å²) >= 11 is 0. The molecule has 0 unspecified atom stereocenters. The molecule has 0 saturated heterocycles. The Bertz CT molecular complexity index is 249. The molecule has 0 amide bonds. The van der Waals surface area contributed by atoms with Crippen LogP contribution in [-0.2, 0) is 0 Å². The standard InChI is InChI=1S/C22H48N.C2H7NO.ClH/c1-5-7-9-11-13-15-17-19-21-23(3,4)22-20-18-16-14-12-10-8-6-2;1-3(2)4;/h5-22H2,1-4H3;3H,1-2H3;1H/q+1;;/p-1. The largest absolute Gasteiger partial charge is 1.00 e. The van der Waals surface area contributed by atoms with Crippen LogP contribution in [0.4, 0.5) is 0 Å². The highest BCUT2D eigenvalue weighted by Gasteiger charge is 2.13. The van der Waals surface area contributed by atoms with E-state index in [-0.39, 0.29) is 17.5 Å². The van der Waals surface area contributed by atoms with E-state index in [0.29, 0.717) is 0 Å². The van der Waals surface area contributed by atoms with E-state index >= 15 is 0 Å². The third kappa shape index (κ3) is 33.7. The number of hydrogen-bond acceptors (Lipinski definition) is 1. The lowest BCUT2D eigenvalue weighted by molar-refractivity contribution is -0.890. The van der Waals surface area contributed by atoms with Crippen LogP contribution in [0.2, 0.25) is 0 Å². The van der Waals surface area contributed by atoms with E-state index in [0.717, 1.165) is 0 Å². The second kappa shape index (κ2) is 25.2. The van der Waals surface area contributed by atoms with Crippen molar-refractivity contribution in [3.05, 3.63) is 5.21 Å². The Morgan fingerprint density at radius 3 is 1.00 bits per heavy atom. The number of quaternary nitrogens is 2. The Hall–Kier alpha value is 0.170. The van der Waals surface area contributed by atoms with Crippen molar-refractivity contribution in [3.8, 4) is 0 Å². The SMILES string of the molecule is CCCCCCCCCC[N+](C)(C)CCCCCCCCCC.C[NH+](C)[O-].[Cl-]. The zero-order valence-electron chi connectivity index (χ0n) is 20.5. The van der Waals surface area contributed by atoms with Crippen LogP contribution in [0.25, 0.3) is 0 Å². The molecule has 3 nitrogen and oxygen atoms in total. The minimum atomic E-state index is 0. The minimum Gasteiger partial charge on any atom is -1.00 e. The van der Waals surface area contributed by atoms with Crippen LogP contribution in [-0.4, -0.2) is 45.8 Å². The molecule has 0 aromatic rings. The molecule has 0 aliphatic rings. The van der Waals surface area contributed by atoms with E-state index < -0.39 is 0 Å². The summed E-state index contributed by atoms with van der Waals surface area (Å²) in [5.74, 6) is 0. The number of unbranched alkanes of at least 4 members (excludes halogenated alkanes) is 14. The molecular weight excluding hydrogens is 368 g/mol. The molecule has 0 saturated carbocycles. The van der Waals surface area contributed by atoms with Crippen LogP contribution in [0.5, 0.6) is 0 Å². The predicted molar refractivity (Wildman–Crippen MR) is 123 cm³/mol. The maximum Gasteiger partial charge on any atom is 0.0782 e. The van der Waals surface area contributed by atoms with Crippen molar-refractivity contribution in [2.75, 3.05) is 41.3 Å². The lowest BCUT2D eigenvalue weighted by Crippen LogP contribution is -3.00. The molecule has 0 aromatic heterocycles. The van der Waals surface area contributed by atoms with Gasteiger partial charge >= 0.3 is 0 Å². The molecule has 0 aromatic carbocycles. The second-order valence-electron chi connectivity index (χ2n) is 9.24. The molecule has 0 atom stereocenters. The average molecular weight is 423 g/mol. The molecule has 28 heavy (non-hydrogen) atoms. The fourth-order valence-electron chi connectivity index (χ4n) is 3.46. The Morgan fingerprint density at radius 2 is 0.750 bits per heavy atom. The predicted octanol–water partition coefficient (Wildman–Crippen LogP) is 2.98. The van der Waals surface area contributed by atoms with Gasteiger partial charge in [0.2, 0.25) is 0 Å². The second-order valence-corrected chi connectivity index (χ2v) is 9.24. The van der Waals surface area contributed by atoms with Gasteiger partial charge in [0.1, 0.15) is 0 Å². The molecule has 0 aliphatic heterocycles. The molecule has 0 rings (SSSR count). The summed E-state index contributed by atoms with van der Waals surface area (Å²) < 4.78 is 1.24. The summed E-state index contributed by atoms with van der Waals surface area (Å²) in [5, 5.41) is 9.61. The van der Waals surface area contributed by atoms with Crippen LogP contribution in [0.15, 0.2) is 0 Å². The zero-order chi connectivity index (χ0) is 20.8. The Kier molecular flexibility index (Phi) is 29.6. The van der Waals surface area contributed by atoms with Gasteiger partial charge in [0.25, 0.3) is 0 Å². The molecule has 0 radical (unpaired) electrons. The number of hydroxylamine groups is 2. The fraction of sp³-hybridized carbons (Fsp3) is 1.00.